The minimum Gasteiger partial charge on any atom is -0.465 e. The number of esters is 1. The van der Waals surface area contributed by atoms with Crippen LogP contribution in [-0.2, 0) is 9.53 Å². The number of hydrogen-bond donors (Lipinski definition) is 1. The Hall–Kier alpha value is -0.610. The average molecular weight is 242 g/mol. The molecule has 0 spiro atoms. The third kappa shape index (κ3) is 3.68. The largest absolute Gasteiger partial charge is 0.465 e. The van der Waals surface area contributed by atoms with Gasteiger partial charge in [0, 0.05) is 18.6 Å². The lowest BCUT2D eigenvalue weighted by molar-refractivity contribution is -0.150. The highest BCUT2D eigenvalue weighted by molar-refractivity contribution is 5.80. The van der Waals surface area contributed by atoms with Crippen LogP contribution in [0.2, 0.25) is 0 Å². The molecule has 1 aliphatic rings. The lowest BCUT2D eigenvalue weighted by Gasteiger charge is -2.42. The summed E-state index contributed by atoms with van der Waals surface area (Å²) in [6.07, 6.45) is 3.63. The van der Waals surface area contributed by atoms with Crippen molar-refractivity contribution in [1.29, 1.82) is 0 Å². The minimum atomic E-state index is -0.907. The molecule has 1 heterocycles. The molecule has 1 fully saturated rings. The van der Waals surface area contributed by atoms with Crippen LogP contribution in [0.1, 0.15) is 47.0 Å². The second-order valence-electron chi connectivity index (χ2n) is 5.44. The van der Waals surface area contributed by atoms with Crippen molar-refractivity contribution in [3.05, 3.63) is 0 Å². The molecule has 0 aliphatic carbocycles. The van der Waals surface area contributed by atoms with E-state index in [1.807, 2.05) is 0 Å². The van der Waals surface area contributed by atoms with E-state index in [1.54, 1.807) is 13.8 Å². The first-order chi connectivity index (χ1) is 7.88. The first kappa shape index (κ1) is 14.5. The van der Waals surface area contributed by atoms with Gasteiger partial charge in [0.05, 0.1) is 6.61 Å². The van der Waals surface area contributed by atoms with Crippen molar-refractivity contribution in [2.24, 2.45) is 5.73 Å². The Labute approximate surface area is 104 Å². The van der Waals surface area contributed by atoms with Crippen molar-refractivity contribution in [2.45, 2.75) is 64.6 Å². The van der Waals surface area contributed by atoms with Crippen molar-refractivity contribution < 1.29 is 9.53 Å². The third-order valence-electron chi connectivity index (χ3n) is 3.63. The maximum absolute atomic E-state index is 11.8. The first-order valence-electron chi connectivity index (χ1n) is 6.60. The zero-order valence-electron chi connectivity index (χ0n) is 11.5. The second-order valence-corrected chi connectivity index (χ2v) is 5.44. The number of carbonyl (C=O) groups is 1. The van der Waals surface area contributed by atoms with Gasteiger partial charge in [0.25, 0.3) is 0 Å². The van der Waals surface area contributed by atoms with Crippen molar-refractivity contribution in [2.75, 3.05) is 13.2 Å². The number of carbonyl (C=O) groups excluding carboxylic acids is 1. The lowest BCUT2D eigenvalue weighted by Crippen LogP contribution is -2.58. The van der Waals surface area contributed by atoms with E-state index >= 15 is 0 Å². The topological polar surface area (TPSA) is 55.6 Å². The summed E-state index contributed by atoms with van der Waals surface area (Å²) < 4.78 is 5.03. The zero-order chi connectivity index (χ0) is 13.1. The number of piperidine rings is 1. The molecule has 17 heavy (non-hydrogen) atoms. The number of ether oxygens (including phenoxy) is 1. The average Bonchev–Trinajstić information content (AvgIpc) is 2.24. The van der Waals surface area contributed by atoms with Gasteiger partial charge >= 0.3 is 5.97 Å². The predicted octanol–water partition coefficient (Wildman–Crippen LogP) is 1.53. The summed E-state index contributed by atoms with van der Waals surface area (Å²) in [6, 6.07) is 0.993. The summed E-state index contributed by atoms with van der Waals surface area (Å²) in [7, 11) is 0. The molecule has 0 saturated carbocycles. The van der Waals surface area contributed by atoms with E-state index in [2.05, 4.69) is 18.7 Å². The Balaban J connectivity index is 2.64. The highest BCUT2D eigenvalue weighted by Gasteiger charge is 2.36. The van der Waals surface area contributed by atoms with Gasteiger partial charge in [-0.2, -0.15) is 0 Å². The Morgan fingerprint density at radius 1 is 1.41 bits per heavy atom. The van der Waals surface area contributed by atoms with Crippen molar-refractivity contribution in [3.8, 4) is 0 Å². The summed E-state index contributed by atoms with van der Waals surface area (Å²) in [6.45, 7) is 8.94. The van der Waals surface area contributed by atoms with E-state index in [4.69, 9.17) is 10.5 Å². The van der Waals surface area contributed by atoms with Gasteiger partial charge in [-0.1, -0.05) is 6.42 Å². The SMILES string of the molecule is CCOC(=O)C(C)(N)CN1C(C)CCCC1C. The molecular weight excluding hydrogens is 216 g/mol. The molecule has 1 aliphatic heterocycles. The van der Waals surface area contributed by atoms with Gasteiger partial charge in [-0.3, -0.25) is 9.69 Å². The highest BCUT2D eigenvalue weighted by atomic mass is 16.5. The summed E-state index contributed by atoms with van der Waals surface area (Å²) in [5.41, 5.74) is 5.18. The van der Waals surface area contributed by atoms with E-state index in [0.717, 1.165) is 0 Å². The van der Waals surface area contributed by atoms with E-state index in [1.165, 1.54) is 19.3 Å². The van der Waals surface area contributed by atoms with Gasteiger partial charge in [-0.05, 0) is 40.5 Å². The maximum atomic E-state index is 11.8. The maximum Gasteiger partial charge on any atom is 0.327 e. The number of hydrogen-bond acceptors (Lipinski definition) is 4. The minimum absolute atomic E-state index is 0.301. The Kier molecular flexibility index (Phi) is 4.95. The van der Waals surface area contributed by atoms with Crippen molar-refractivity contribution in [1.82, 2.24) is 4.90 Å². The van der Waals surface area contributed by atoms with Crippen LogP contribution in [0, 0.1) is 0 Å². The Morgan fingerprint density at radius 3 is 2.41 bits per heavy atom. The molecular formula is C13H26N2O2. The molecule has 0 radical (unpaired) electrons. The van der Waals surface area contributed by atoms with Crippen LogP contribution in [0.3, 0.4) is 0 Å². The molecule has 0 aromatic carbocycles. The van der Waals surface area contributed by atoms with Gasteiger partial charge in [0.15, 0.2) is 0 Å². The molecule has 2 N–H and O–H groups in total. The summed E-state index contributed by atoms with van der Waals surface area (Å²) >= 11 is 0. The molecule has 4 nitrogen and oxygen atoms in total. The van der Waals surface area contributed by atoms with Gasteiger partial charge in [-0.15, -0.1) is 0 Å². The standard InChI is InChI=1S/C13H26N2O2/c1-5-17-12(16)13(4,14)9-15-10(2)7-6-8-11(15)3/h10-11H,5-9,14H2,1-4H3. The molecule has 4 heteroatoms. The van der Waals surface area contributed by atoms with E-state index in [0.29, 0.717) is 25.2 Å². The monoisotopic (exact) mass is 242 g/mol. The van der Waals surface area contributed by atoms with Gasteiger partial charge in [0.2, 0.25) is 0 Å². The second kappa shape index (κ2) is 5.83. The fourth-order valence-corrected chi connectivity index (χ4v) is 2.53. The molecule has 0 bridgehead atoms. The normalized spacial score (nSPS) is 29.7. The van der Waals surface area contributed by atoms with E-state index in [9.17, 15) is 4.79 Å². The quantitative estimate of drug-likeness (QED) is 0.760. The Bertz CT molecular complexity index is 256. The molecule has 3 atom stereocenters. The van der Waals surface area contributed by atoms with Crippen LogP contribution >= 0.6 is 0 Å². The van der Waals surface area contributed by atoms with Crippen LogP contribution in [0.5, 0.6) is 0 Å². The molecule has 0 aromatic rings. The smallest absolute Gasteiger partial charge is 0.327 e. The first-order valence-corrected chi connectivity index (χ1v) is 6.60. The summed E-state index contributed by atoms with van der Waals surface area (Å²) in [5, 5.41) is 0. The summed E-state index contributed by atoms with van der Waals surface area (Å²) in [4.78, 5) is 14.1. The molecule has 1 rings (SSSR count). The van der Waals surface area contributed by atoms with Gasteiger partial charge in [0.1, 0.15) is 5.54 Å². The number of nitrogens with two attached hydrogens (primary N) is 1. The van der Waals surface area contributed by atoms with Crippen molar-refractivity contribution in [3.63, 3.8) is 0 Å². The number of rotatable bonds is 4. The predicted molar refractivity (Wildman–Crippen MR) is 68.7 cm³/mol. The fraction of sp³-hybridized carbons (Fsp3) is 0.923. The zero-order valence-corrected chi connectivity index (χ0v) is 11.5. The highest BCUT2D eigenvalue weighted by Crippen LogP contribution is 2.24. The summed E-state index contributed by atoms with van der Waals surface area (Å²) in [5.74, 6) is -0.301. The molecule has 1 saturated heterocycles. The van der Waals surface area contributed by atoms with Crippen LogP contribution in [0.15, 0.2) is 0 Å². The van der Waals surface area contributed by atoms with Gasteiger partial charge < -0.3 is 10.5 Å². The van der Waals surface area contributed by atoms with Crippen LogP contribution in [0.25, 0.3) is 0 Å². The molecule has 0 aromatic heterocycles. The fourth-order valence-electron chi connectivity index (χ4n) is 2.53. The third-order valence-corrected chi connectivity index (χ3v) is 3.63. The van der Waals surface area contributed by atoms with Crippen LogP contribution in [0.4, 0.5) is 0 Å². The number of nitrogens with zero attached hydrogens (tertiary/aromatic N) is 1. The molecule has 3 unspecified atom stereocenters. The Morgan fingerprint density at radius 2 is 1.94 bits per heavy atom. The van der Waals surface area contributed by atoms with E-state index in [-0.39, 0.29) is 5.97 Å². The van der Waals surface area contributed by atoms with Crippen LogP contribution in [-0.4, -0.2) is 41.6 Å². The van der Waals surface area contributed by atoms with Crippen LogP contribution < -0.4 is 5.73 Å². The molecule has 0 amide bonds. The van der Waals surface area contributed by atoms with E-state index < -0.39 is 5.54 Å². The molecule has 100 valence electrons. The lowest BCUT2D eigenvalue weighted by atomic mass is 9.93. The van der Waals surface area contributed by atoms with Crippen molar-refractivity contribution >= 4 is 5.97 Å². The van der Waals surface area contributed by atoms with Gasteiger partial charge in [-0.25, -0.2) is 0 Å². The number of likely N-dealkylation sites (tertiary alicyclic amines) is 1.